The first-order chi connectivity index (χ1) is 7.43. The Kier molecular flexibility index (Phi) is 7.38. The molecule has 4 heteroatoms. The molecule has 0 heterocycles. The second kappa shape index (κ2) is 7.65. The fourth-order valence-corrected chi connectivity index (χ4v) is 2.06. The molecule has 92 valence electrons. The van der Waals surface area contributed by atoms with Crippen LogP contribution in [0, 0.1) is 17.8 Å². The molecule has 0 amide bonds. The van der Waals surface area contributed by atoms with Crippen molar-refractivity contribution in [3.63, 3.8) is 0 Å². The first kappa shape index (κ1) is 15.4. The minimum atomic E-state index is -2.73. The monoisotopic (exact) mass is 244 g/mol. The topological polar surface area (TPSA) is 43.4 Å². The summed E-state index contributed by atoms with van der Waals surface area (Å²) in [6.07, 6.45) is 2.46. The average molecular weight is 244 g/mol. The third kappa shape index (κ3) is 6.82. The number of Topliss-reactive ketones (excluding diaryl/α,β-unsaturated/α-hetero) is 1. The molecule has 3 nitrogen and oxygen atoms in total. The Morgan fingerprint density at radius 3 is 2.56 bits per heavy atom. The van der Waals surface area contributed by atoms with Gasteiger partial charge in [0.1, 0.15) is 5.78 Å². The smallest absolute Gasteiger partial charge is 0.207 e. The van der Waals surface area contributed by atoms with Crippen molar-refractivity contribution in [3.05, 3.63) is 0 Å². The lowest BCUT2D eigenvalue weighted by atomic mass is 10.0. The molecule has 2 atom stereocenters. The summed E-state index contributed by atoms with van der Waals surface area (Å²) >= 11 is 0. The molecule has 0 fully saturated rings. The van der Waals surface area contributed by atoms with Crippen molar-refractivity contribution in [2.75, 3.05) is 19.9 Å². The molecule has 0 radical (unpaired) electrons. The van der Waals surface area contributed by atoms with Gasteiger partial charge in [-0.05, 0) is 6.42 Å². The molecule has 16 heavy (non-hydrogen) atoms. The Bertz CT molecular complexity index is 325. The van der Waals surface area contributed by atoms with Crippen molar-refractivity contribution in [2.24, 2.45) is 5.92 Å². The quantitative estimate of drug-likeness (QED) is 0.533. The summed E-state index contributed by atoms with van der Waals surface area (Å²) in [4.78, 5) is 11.7. The number of ketones is 1. The van der Waals surface area contributed by atoms with Gasteiger partial charge in [-0.25, -0.2) is 0 Å². The third-order valence-corrected chi connectivity index (χ3v) is 3.95. The van der Waals surface area contributed by atoms with Gasteiger partial charge in [0.25, 0.3) is 0 Å². The zero-order valence-electron chi connectivity index (χ0n) is 10.6. The Morgan fingerprint density at radius 1 is 1.44 bits per heavy atom. The molecule has 0 N–H and O–H groups in total. The molecule has 0 aromatic carbocycles. The van der Waals surface area contributed by atoms with E-state index in [2.05, 4.69) is 18.8 Å². The van der Waals surface area contributed by atoms with E-state index < -0.39 is 7.37 Å². The summed E-state index contributed by atoms with van der Waals surface area (Å²) in [6.45, 7) is 5.37. The van der Waals surface area contributed by atoms with Gasteiger partial charge in [0.2, 0.25) is 7.37 Å². The van der Waals surface area contributed by atoms with E-state index >= 15 is 0 Å². The molecule has 0 aliphatic carbocycles. The number of hydrogen-bond acceptors (Lipinski definition) is 3. The van der Waals surface area contributed by atoms with Gasteiger partial charge in [-0.2, -0.15) is 0 Å². The number of unbranched alkanes of at least 4 members (excludes halogenated alkanes) is 1. The van der Waals surface area contributed by atoms with Crippen LogP contribution in [0.4, 0.5) is 0 Å². The van der Waals surface area contributed by atoms with Crippen LogP contribution in [0.1, 0.15) is 33.1 Å². The van der Waals surface area contributed by atoms with E-state index in [1.807, 2.05) is 6.92 Å². The van der Waals surface area contributed by atoms with Crippen LogP contribution in [0.25, 0.3) is 0 Å². The van der Waals surface area contributed by atoms with Crippen molar-refractivity contribution in [3.8, 4) is 11.8 Å². The summed E-state index contributed by atoms with van der Waals surface area (Å²) in [5.74, 6) is 5.78. The summed E-state index contributed by atoms with van der Waals surface area (Å²) in [5, 5.41) is 0. The average Bonchev–Trinajstić information content (AvgIpc) is 2.23. The molecule has 0 aliphatic heterocycles. The maximum Gasteiger partial charge on any atom is 0.207 e. The van der Waals surface area contributed by atoms with Crippen LogP contribution in [0.2, 0.25) is 0 Å². The molecule has 0 aromatic rings. The molecule has 0 bridgehead atoms. The van der Waals surface area contributed by atoms with Crippen LogP contribution >= 0.6 is 7.37 Å². The molecule has 0 aliphatic rings. The van der Waals surface area contributed by atoms with Crippen LogP contribution in [0.15, 0.2) is 0 Å². The van der Waals surface area contributed by atoms with Gasteiger partial charge in [-0.1, -0.05) is 13.8 Å². The van der Waals surface area contributed by atoms with Gasteiger partial charge in [-0.15, -0.1) is 11.8 Å². The van der Waals surface area contributed by atoms with E-state index in [9.17, 15) is 9.36 Å². The maximum absolute atomic E-state index is 11.7. The predicted octanol–water partition coefficient (Wildman–Crippen LogP) is 2.94. The highest BCUT2D eigenvalue weighted by atomic mass is 31.2. The van der Waals surface area contributed by atoms with Gasteiger partial charge in [-0.3, -0.25) is 9.36 Å². The van der Waals surface area contributed by atoms with Crippen molar-refractivity contribution < 1.29 is 13.9 Å². The number of carbonyl (C=O) groups excluding carboxylic acids is 1. The van der Waals surface area contributed by atoms with Crippen LogP contribution < -0.4 is 0 Å². The summed E-state index contributed by atoms with van der Waals surface area (Å²) in [6, 6.07) is 0. The van der Waals surface area contributed by atoms with E-state index in [0.717, 1.165) is 12.8 Å². The van der Waals surface area contributed by atoms with Gasteiger partial charge in [0.15, 0.2) is 0 Å². The standard InChI is InChI=1S/C12H21O3P/c1-5-6-7-8-9-11(2)12(13)10-16(4,14)15-3/h11H,5-6,9-10H2,1-4H3. The molecule has 0 aromatic heterocycles. The molecule has 2 unspecified atom stereocenters. The lowest BCUT2D eigenvalue weighted by Gasteiger charge is -2.12. The SMILES string of the molecule is CCCC#CCC(C)C(=O)CP(C)(=O)OC. The largest absolute Gasteiger partial charge is 0.332 e. The van der Waals surface area contributed by atoms with Crippen LogP contribution in [-0.2, 0) is 13.9 Å². The first-order valence-corrected chi connectivity index (χ1v) is 7.79. The predicted molar refractivity (Wildman–Crippen MR) is 66.9 cm³/mol. The number of rotatable bonds is 6. The second-order valence-corrected chi connectivity index (χ2v) is 6.74. The van der Waals surface area contributed by atoms with Gasteiger partial charge in [0, 0.05) is 32.5 Å². The van der Waals surface area contributed by atoms with Crippen molar-refractivity contribution in [1.82, 2.24) is 0 Å². The summed E-state index contributed by atoms with van der Waals surface area (Å²) in [5.41, 5.74) is 0. The van der Waals surface area contributed by atoms with Gasteiger partial charge >= 0.3 is 0 Å². The summed E-state index contributed by atoms with van der Waals surface area (Å²) in [7, 11) is -1.35. The van der Waals surface area contributed by atoms with E-state index in [1.54, 1.807) is 0 Å². The second-order valence-electron chi connectivity index (χ2n) is 4.03. The molecule has 0 saturated heterocycles. The molecule has 0 spiro atoms. The highest BCUT2D eigenvalue weighted by molar-refractivity contribution is 7.59. The van der Waals surface area contributed by atoms with Crippen molar-refractivity contribution in [2.45, 2.75) is 33.1 Å². The molecule has 0 rings (SSSR count). The van der Waals surface area contributed by atoms with E-state index in [1.165, 1.54) is 13.8 Å². The van der Waals surface area contributed by atoms with Crippen molar-refractivity contribution in [1.29, 1.82) is 0 Å². The van der Waals surface area contributed by atoms with E-state index in [0.29, 0.717) is 6.42 Å². The molecule has 0 saturated carbocycles. The molecular formula is C12H21O3P. The first-order valence-electron chi connectivity index (χ1n) is 5.53. The zero-order chi connectivity index (χ0) is 12.6. The number of carbonyl (C=O) groups is 1. The van der Waals surface area contributed by atoms with Crippen molar-refractivity contribution >= 4 is 13.2 Å². The van der Waals surface area contributed by atoms with Gasteiger partial charge < -0.3 is 4.52 Å². The third-order valence-electron chi connectivity index (χ3n) is 2.29. The minimum Gasteiger partial charge on any atom is -0.332 e. The Balaban J connectivity index is 4.11. The Labute approximate surface area is 98.4 Å². The Morgan fingerprint density at radius 2 is 2.06 bits per heavy atom. The zero-order valence-corrected chi connectivity index (χ0v) is 11.5. The lowest BCUT2D eigenvalue weighted by molar-refractivity contribution is -0.119. The number of hydrogen-bond donors (Lipinski definition) is 0. The minimum absolute atomic E-state index is 0.0140. The van der Waals surface area contributed by atoms with Crippen LogP contribution in [0.3, 0.4) is 0 Å². The Hall–Kier alpha value is -0.580. The van der Waals surface area contributed by atoms with E-state index in [4.69, 9.17) is 4.52 Å². The van der Waals surface area contributed by atoms with Gasteiger partial charge in [0.05, 0.1) is 6.16 Å². The summed E-state index contributed by atoms with van der Waals surface area (Å²) < 4.78 is 16.4. The molecular weight excluding hydrogens is 223 g/mol. The van der Waals surface area contributed by atoms with E-state index in [-0.39, 0.29) is 17.9 Å². The lowest BCUT2D eigenvalue weighted by Crippen LogP contribution is -2.15. The highest BCUT2D eigenvalue weighted by Crippen LogP contribution is 2.41. The van der Waals surface area contributed by atoms with Crippen LogP contribution in [0.5, 0.6) is 0 Å². The normalized spacial score (nSPS) is 15.8. The fourth-order valence-electron chi connectivity index (χ4n) is 1.06. The fraction of sp³-hybridized carbons (Fsp3) is 0.750. The van der Waals surface area contributed by atoms with Crippen LogP contribution in [-0.4, -0.2) is 25.7 Å². The highest BCUT2D eigenvalue weighted by Gasteiger charge is 2.22. The maximum atomic E-state index is 11.7.